The lowest BCUT2D eigenvalue weighted by atomic mass is 9.82. The highest BCUT2D eigenvalue weighted by Gasteiger charge is 2.44. The lowest BCUT2D eigenvalue weighted by Gasteiger charge is -2.20. The molecule has 0 aliphatic carbocycles. The van der Waals surface area contributed by atoms with Crippen molar-refractivity contribution >= 4 is 28.6 Å². The van der Waals surface area contributed by atoms with Crippen molar-refractivity contribution in [2.24, 2.45) is 11.5 Å². The van der Waals surface area contributed by atoms with Crippen LogP contribution in [-0.4, -0.2) is 47.4 Å². The van der Waals surface area contributed by atoms with Crippen LogP contribution in [0.4, 0.5) is 4.39 Å². The molecule has 0 spiro atoms. The van der Waals surface area contributed by atoms with Crippen LogP contribution in [0, 0.1) is 5.82 Å². The minimum Gasteiger partial charge on any atom is -0.489 e. The number of nitrogens with zero attached hydrogens (tertiary/aromatic N) is 2. The second-order valence-electron chi connectivity index (χ2n) is 10.2. The summed E-state index contributed by atoms with van der Waals surface area (Å²) in [5, 5.41) is 3.57. The van der Waals surface area contributed by atoms with Gasteiger partial charge in [0.05, 0.1) is 0 Å². The molecule has 0 radical (unpaired) electrons. The average Bonchev–Trinajstić information content (AvgIpc) is 3.32. The highest BCUT2D eigenvalue weighted by atomic mass is 19.1. The highest BCUT2D eigenvalue weighted by molar-refractivity contribution is 6.00. The molecule has 210 valence electrons. The number of nitrogens with two attached hydrogens (primary N) is 2. The Labute approximate surface area is 234 Å². The summed E-state index contributed by atoms with van der Waals surface area (Å²) in [5.74, 6) is -1.59. The second-order valence-corrected chi connectivity index (χ2v) is 10.2. The number of aromatic nitrogens is 2. The van der Waals surface area contributed by atoms with Crippen molar-refractivity contribution in [3.05, 3.63) is 83.4 Å². The Kier molecular flexibility index (Phi) is 7.27. The van der Waals surface area contributed by atoms with Gasteiger partial charge in [-0.1, -0.05) is 13.0 Å². The van der Waals surface area contributed by atoms with Gasteiger partial charge in [0.1, 0.15) is 40.5 Å². The molecule has 0 unspecified atom stereocenters. The summed E-state index contributed by atoms with van der Waals surface area (Å²) in [4.78, 5) is 45.9. The van der Waals surface area contributed by atoms with Gasteiger partial charge in [-0.25, -0.2) is 9.37 Å². The fraction of sp³-hybridized carbons (Fsp3) is 0.233. The lowest BCUT2D eigenvalue weighted by Crippen LogP contribution is -2.39. The number of halogens is 1. The molecule has 1 aliphatic rings. The Morgan fingerprint density at radius 3 is 2.61 bits per heavy atom. The molecule has 3 heterocycles. The number of rotatable bonds is 9. The molecular weight excluding hydrogens is 529 g/mol. The second kappa shape index (κ2) is 10.8. The zero-order valence-electron chi connectivity index (χ0n) is 22.4. The molecule has 10 nitrogen and oxygen atoms in total. The monoisotopic (exact) mass is 557 g/mol. The maximum absolute atomic E-state index is 13.6. The third kappa shape index (κ3) is 5.38. The van der Waals surface area contributed by atoms with Crippen molar-refractivity contribution in [3.63, 3.8) is 0 Å². The number of carbonyl (C=O) groups excluding carboxylic acids is 3. The average molecular weight is 558 g/mol. The molecule has 1 aliphatic heterocycles. The van der Waals surface area contributed by atoms with Gasteiger partial charge in [0, 0.05) is 46.4 Å². The smallest absolute Gasteiger partial charge is 0.255 e. The van der Waals surface area contributed by atoms with Gasteiger partial charge in [0.15, 0.2) is 6.61 Å². The first-order chi connectivity index (χ1) is 19.6. The number of pyridine rings is 2. The fourth-order valence-electron chi connectivity index (χ4n) is 4.66. The molecule has 5 N–H and O–H groups in total. The zero-order valence-corrected chi connectivity index (χ0v) is 22.4. The quantitative estimate of drug-likeness (QED) is 0.285. The van der Waals surface area contributed by atoms with Crippen molar-refractivity contribution in [1.82, 2.24) is 15.3 Å². The minimum atomic E-state index is -1.08. The summed E-state index contributed by atoms with van der Waals surface area (Å²) in [6.07, 6.45) is 1.58. The number of benzene rings is 2. The van der Waals surface area contributed by atoms with Gasteiger partial charge >= 0.3 is 0 Å². The minimum absolute atomic E-state index is 0.0547. The van der Waals surface area contributed by atoms with Crippen LogP contribution in [0.2, 0.25) is 0 Å². The summed E-state index contributed by atoms with van der Waals surface area (Å²) in [6.45, 7) is 3.48. The van der Waals surface area contributed by atoms with Crippen molar-refractivity contribution in [1.29, 1.82) is 0 Å². The third-order valence-electron chi connectivity index (χ3n) is 7.13. The fourth-order valence-corrected chi connectivity index (χ4v) is 4.66. The van der Waals surface area contributed by atoms with E-state index in [4.69, 9.17) is 25.9 Å². The normalized spacial score (nSPS) is 16.5. The molecule has 2 aromatic carbocycles. The molecule has 2 aromatic heterocycles. The topological polar surface area (TPSA) is 160 Å². The molecule has 0 bridgehead atoms. The van der Waals surface area contributed by atoms with E-state index >= 15 is 0 Å². The Bertz CT molecular complexity index is 1680. The van der Waals surface area contributed by atoms with Crippen LogP contribution >= 0.6 is 0 Å². The lowest BCUT2D eigenvalue weighted by molar-refractivity contribution is -0.123. The van der Waals surface area contributed by atoms with E-state index in [1.807, 2.05) is 6.92 Å². The molecule has 5 rings (SSSR count). The van der Waals surface area contributed by atoms with Crippen LogP contribution < -0.4 is 26.3 Å². The van der Waals surface area contributed by atoms with Gasteiger partial charge in [-0.3, -0.25) is 19.4 Å². The van der Waals surface area contributed by atoms with E-state index in [1.165, 1.54) is 18.2 Å². The summed E-state index contributed by atoms with van der Waals surface area (Å²) in [6, 6.07) is 14.3. The molecule has 3 amide bonds. The number of carbonyl (C=O) groups is 3. The molecule has 0 fully saturated rings. The molecule has 4 aromatic rings. The number of amides is 3. The Hall–Kier alpha value is -5.06. The maximum Gasteiger partial charge on any atom is 0.255 e. The SMILES string of the molecule is C[C@H](CNC(=O)c1cc(OCC(N)=O)c2ncccc2c1)c1cc2c(c(-c3ccc(F)cc3)n1)OC[C@]2(C)C(N)=O. The van der Waals surface area contributed by atoms with E-state index in [0.29, 0.717) is 44.7 Å². The number of nitrogens with one attached hydrogen (secondary N) is 1. The van der Waals surface area contributed by atoms with E-state index < -0.39 is 23.0 Å². The van der Waals surface area contributed by atoms with Gasteiger partial charge in [0.2, 0.25) is 5.91 Å². The molecular formula is C30H28FN5O5. The Balaban J connectivity index is 1.43. The zero-order chi connectivity index (χ0) is 29.3. The first kappa shape index (κ1) is 27.5. The summed E-state index contributed by atoms with van der Waals surface area (Å²) in [7, 11) is 0. The first-order valence-electron chi connectivity index (χ1n) is 12.9. The van der Waals surface area contributed by atoms with Gasteiger partial charge in [-0.15, -0.1) is 0 Å². The standard InChI is InChI=1S/C30H28FN5O5/c1-16(13-35-28(38)19-10-18-4-3-9-34-25(18)23(11-19)40-14-24(32)37)22-12-21-27(41-15-30(21,2)29(33)39)26(36-22)17-5-7-20(31)8-6-17/h3-12,16H,13-15H2,1-2H3,(H2,32,37)(H2,33,39)(H,35,38)/t16-,30+/m1/s1. The van der Waals surface area contributed by atoms with E-state index in [1.54, 1.807) is 49.5 Å². The van der Waals surface area contributed by atoms with E-state index in [2.05, 4.69) is 10.3 Å². The molecule has 11 heteroatoms. The number of fused-ring (bicyclic) bond motifs is 2. The number of hydrogen-bond acceptors (Lipinski definition) is 7. The Morgan fingerprint density at radius 1 is 1.15 bits per heavy atom. The van der Waals surface area contributed by atoms with Gasteiger partial charge < -0.3 is 26.3 Å². The van der Waals surface area contributed by atoms with Crippen LogP contribution in [0.3, 0.4) is 0 Å². The van der Waals surface area contributed by atoms with Gasteiger partial charge in [-0.05, 0) is 55.5 Å². The summed E-state index contributed by atoms with van der Waals surface area (Å²) >= 11 is 0. The van der Waals surface area contributed by atoms with Crippen LogP contribution in [0.1, 0.15) is 41.4 Å². The predicted octanol–water partition coefficient (Wildman–Crippen LogP) is 2.97. The van der Waals surface area contributed by atoms with Crippen molar-refractivity contribution in [3.8, 4) is 22.8 Å². The number of ether oxygens (including phenoxy) is 2. The molecule has 0 saturated heterocycles. The number of hydrogen-bond donors (Lipinski definition) is 3. The van der Waals surface area contributed by atoms with Crippen LogP contribution in [0.5, 0.6) is 11.5 Å². The highest BCUT2D eigenvalue weighted by Crippen LogP contribution is 2.45. The molecule has 41 heavy (non-hydrogen) atoms. The molecule has 2 atom stereocenters. The predicted molar refractivity (Wildman–Crippen MR) is 149 cm³/mol. The van der Waals surface area contributed by atoms with E-state index in [-0.39, 0.29) is 37.3 Å². The van der Waals surface area contributed by atoms with Crippen LogP contribution in [0.15, 0.2) is 60.8 Å². The van der Waals surface area contributed by atoms with Crippen molar-refractivity contribution in [2.75, 3.05) is 19.8 Å². The third-order valence-corrected chi connectivity index (χ3v) is 7.13. The first-order valence-corrected chi connectivity index (χ1v) is 12.9. The largest absolute Gasteiger partial charge is 0.489 e. The van der Waals surface area contributed by atoms with Crippen molar-refractivity contribution < 1.29 is 28.2 Å². The van der Waals surface area contributed by atoms with Gasteiger partial charge in [0.25, 0.3) is 11.8 Å². The summed E-state index contributed by atoms with van der Waals surface area (Å²) < 4.78 is 25.0. The maximum atomic E-state index is 13.6. The number of primary amides is 2. The van der Waals surface area contributed by atoms with E-state index in [9.17, 15) is 18.8 Å². The Morgan fingerprint density at radius 2 is 1.90 bits per heavy atom. The summed E-state index contributed by atoms with van der Waals surface area (Å²) in [5.41, 5.74) is 12.9. The van der Waals surface area contributed by atoms with Crippen LogP contribution in [-0.2, 0) is 15.0 Å². The molecule has 0 saturated carbocycles. The van der Waals surface area contributed by atoms with E-state index in [0.717, 1.165) is 0 Å². The van der Waals surface area contributed by atoms with Gasteiger partial charge in [-0.2, -0.15) is 0 Å². The van der Waals surface area contributed by atoms with Crippen molar-refractivity contribution in [2.45, 2.75) is 25.2 Å². The van der Waals surface area contributed by atoms with Crippen LogP contribution in [0.25, 0.3) is 22.2 Å².